The van der Waals surface area contributed by atoms with Crippen molar-refractivity contribution in [2.75, 3.05) is 7.05 Å². The van der Waals surface area contributed by atoms with Crippen LogP contribution in [0.2, 0.25) is 5.02 Å². The van der Waals surface area contributed by atoms with Crippen LogP contribution in [0.15, 0.2) is 18.2 Å². The first-order valence-electron chi connectivity index (χ1n) is 6.36. The molecule has 0 atom stereocenters. The first-order chi connectivity index (χ1) is 8.54. The first kappa shape index (κ1) is 13.8. The Labute approximate surface area is 112 Å². The van der Waals surface area contributed by atoms with Crippen molar-refractivity contribution >= 4 is 11.6 Å². The smallest absolute Gasteiger partial charge is 0.142 e. The minimum Gasteiger partial charge on any atom is -0.390 e. The maximum absolute atomic E-state index is 13.4. The summed E-state index contributed by atoms with van der Waals surface area (Å²) >= 11 is 5.93. The fourth-order valence-corrected chi connectivity index (χ4v) is 2.85. The van der Waals surface area contributed by atoms with Crippen LogP contribution in [0.5, 0.6) is 0 Å². The summed E-state index contributed by atoms with van der Waals surface area (Å²) in [4.78, 5) is 0. The van der Waals surface area contributed by atoms with Gasteiger partial charge in [-0.3, -0.25) is 0 Å². The van der Waals surface area contributed by atoms with E-state index in [-0.39, 0.29) is 5.02 Å². The molecular weight excluding hydrogens is 253 g/mol. The van der Waals surface area contributed by atoms with Crippen molar-refractivity contribution in [2.24, 2.45) is 0 Å². The molecule has 0 aromatic heterocycles. The van der Waals surface area contributed by atoms with Crippen molar-refractivity contribution in [1.82, 2.24) is 5.32 Å². The van der Waals surface area contributed by atoms with E-state index in [0.29, 0.717) is 18.0 Å². The fraction of sp³-hybridized carbons (Fsp3) is 0.571. The highest BCUT2D eigenvalue weighted by Gasteiger charge is 2.33. The maximum atomic E-state index is 13.4. The van der Waals surface area contributed by atoms with Crippen LogP contribution >= 0.6 is 11.6 Å². The SMILES string of the molecule is CNC1CCC(O)(Cc2cccc(F)c2Cl)CC1. The monoisotopic (exact) mass is 271 g/mol. The van der Waals surface area contributed by atoms with Gasteiger partial charge in [0.05, 0.1) is 10.6 Å². The van der Waals surface area contributed by atoms with Gasteiger partial charge in [-0.25, -0.2) is 4.39 Å². The third-order valence-corrected chi connectivity index (χ3v) is 4.30. The van der Waals surface area contributed by atoms with Crippen LogP contribution in [0.1, 0.15) is 31.2 Å². The summed E-state index contributed by atoms with van der Waals surface area (Å²) in [6.07, 6.45) is 3.77. The molecular formula is C14H19ClFNO. The van der Waals surface area contributed by atoms with Gasteiger partial charge >= 0.3 is 0 Å². The number of hydrogen-bond acceptors (Lipinski definition) is 2. The third kappa shape index (κ3) is 3.02. The lowest BCUT2D eigenvalue weighted by atomic mass is 9.78. The number of nitrogens with one attached hydrogen (secondary N) is 1. The lowest BCUT2D eigenvalue weighted by molar-refractivity contribution is -0.00245. The van der Waals surface area contributed by atoms with Crippen molar-refractivity contribution in [3.05, 3.63) is 34.6 Å². The van der Waals surface area contributed by atoms with E-state index in [9.17, 15) is 9.50 Å². The van der Waals surface area contributed by atoms with Crippen LogP contribution in [-0.4, -0.2) is 23.8 Å². The Morgan fingerprint density at radius 2 is 2.11 bits per heavy atom. The van der Waals surface area contributed by atoms with E-state index in [2.05, 4.69) is 5.32 Å². The lowest BCUT2D eigenvalue weighted by Gasteiger charge is -2.36. The summed E-state index contributed by atoms with van der Waals surface area (Å²) in [5.41, 5.74) is -0.0489. The number of aliphatic hydroxyl groups is 1. The van der Waals surface area contributed by atoms with E-state index in [1.165, 1.54) is 6.07 Å². The molecule has 0 bridgehead atoms. The van der Waals surface area contributed by atoms with Crippen LogP contribution in [0.3, 0.4) is 0 Å². The second kappa shape index (κ2) is 5.55. The minimum atomic E-state index is -0.745. The van der Waals surface area contributed by atoms with E-state index in [0.717, 1.165) is 25.7 Å². The lowest BCUT2D eigenvalue weighted by Crippen LogP contribution is -2.41. The molecule has 0 unspecified atom stereocenters. The Kier molecular flexibility index (Phi) is 4.25. The van der Waals surface area contributed by atoms with Gasteiger partial charge < -0.3 is 10.4 Å². The Morgan fingerprint density at radius 3 is 2.72 bits per heavy atom. The quantitative estimate of drug-likeness (QED) is 0.886. The zero-order valence-corrected chi connectivity index (χ0v) is 11.3. The minimum absolute atomic E-state index is 0.140. The maximum Gasteiger partial charge on any atom is 0.142 e. The largest absolute Gasteiger partial charge is 0.390 e. The van der Waals surface area contributed by atoms with Crippen molar-refractivity contribution in [2.45, 2.75) is 43.7 Å². The molecule has 4 heteroatoms. The van der Waals surface area contributed by atoms with Crippen molar-refractivity contribution < 1.29 is 9.50 Å². The Morgan fingerprint density at radius 1 is 1.44 bits per heavy atom. The average molecular weight is 272 g/mol. The summed E-state index contributed by atoms with van der Waals surface area (Å²) < 4.78 is 13.4. The molecule has 0 radical (unpaired) electrons. The summed E-state index contributed by atoms with van der Waals surface area (Å²) in [6, 6.07) is 5.24. The predicted molar refractivity (Wildman–Crippen MR) is 71.4 cm³/mol. The molecule has 0 spiro atoms. The average Bonchev–Trinajstić information content (AvgIpc) is 2.36. The highest BCUT2D eigenvalue weighted by molar-refractivity contribution is 6.31. The second-order valence-electron chi connectivity index (χ2n) is 5.18. The predicted octanol–water partition coefficient (Wildman–Crippen LogP) is 2.91. The van der Waals surface area contributed by atoms with E-state index < -0.39 is 11.4 Å². The van der Waals surface area contributed by atoms with E-state index >= 15 is 0 Å². The number of rotatable bonds is 3. The van der Waals surface area contributed by atoms with Gasteiger partial charge in [0.25, 0.3) is 0 Å². The molecule has 1 fully saturated rings. The molecule has 0 aliphatic heterocycles. The van der Waals surface area contributed by atoms with Crippen LogP contribution in [-0.2, 0) is 6.42 Å². The molecule has 2 nitrogen and oxygen atoms in total. The Bertz CT molecular complexity index is 416. The highest BCUT2D eigenvalue weighted by atomic mass is 35.5. The van der Waals surface area contributed by atoms with Gasteiger partial charge in [-0.2, -0.15) is 0 Å². The summed E-state index contributed by atoms with van der Waals surface area (Å²) in [7, 11) is 1.94. The van der Waals surface area contributed by atoms with Crippen LogP contribution in [0.4, 0.5) is 4.39 Å². The fourth-order valence-electron chi connectivity index (χ4n) is 2.66. The van der Waals surface area contributed by atoms with Crippen LogP contribution in [0.25, 0.3) is 0 Å². The molecule has 2 N–H and O–H groups in total. The molecule has 1 aromatic carbocycles. The van der Waals surface area contributed by atoms with Gasteiger partial charge in [0.1, 0.15) is 5.82 Å². The van der Waals surface area contributed by atoms with E-state index in [4.69, 9.17) is 11.6 Å². The van der Waals surface area contributed by atoms with Gasteiger partial charge in [0, 0.05) is 12.5 Å². The molecule has 2 rings (SSSR count). The topological polar surface area (TPSA) is 32.3 Å². The normalized spacial score (nSPS) is 28.3. The molecule has 1 aromatic rings. The second-order valence-corrected chi connectivity index (χ2v) is 5.55. The van der Waals surface area contributed by atoms with Crippen molar-refractivity contribution in [1.29, 1.82) is 0 Å². The van der Waals surface area contributed by atoms with Crippen molar-refractivity contribution in [3.63, 3.8) is 0 Å². The Hall–Kier alpha value is -0.640. The van der Waals surface area contributed by atoms with Gasteiger partial charge in [-0.1, -0.05) is 23.7 Å². The molecule has 0 amide bonds. The zero-order chi connectivity index (χ0) is 13.2. The Balaban J connectivity index is 2.07. The number of benzene rings is 1. The first-order valence-corrected chi connectivity index (χ1v) is 6.74. The third-order valence-electron chi connectivity index (χ3n) is 3.88. The molecule has 100 valence electrons. The summed E-state index contributed by atoms with van der Waals surface area (Å²) in [5, 5.41) is 13.9. The van der Waals surface area contributed by atoms with Crippen molar-refractivity contribution in [3.8, 4) is 0 Å². The highest BCUT2D eigenvalue weighted by Crippen LogP contribution is 2.33. The summed E-state index contributed by atoms with van der Waals surface area (Å²) in [6.45, 7) is 0. The van der Waals surface area contributed by atoms with Crippen LogP contribution < -0.4 is 5.32 Å². The van der Waals surface area contributed by atoms with Gasteiger partial charge in [0.15, 0.2) is 0 Å². The molecule has 1 saturated carbocycles. The standard InChI is InChI=1S/C14H19ClFNO/c1-17-11-5-7-14(18,8-6-11)9-10-3-2-4-12(16)13(10)15/h2-4,11,17-18H,5-9H2,1H3. The molecule has 0 saturated heterocycles. The molecule has 18 heavy (non-hydrogen) atoms. The zero-order valence-electron chi connectivity index (χ0n) is 10.5. The molecule has 1 aliphatic carbocycles. The number of hydrogen-bond donors (Lipinski definition) is 2. The van der Waals surface area contributed by atoms with Crippen LogP contribution in [0, 0.1) is 5.82 Å². The number of halogens is 2. The molecule has 0 heterocycles. The summed E-state index contributed by atoms with van der Waals surface area (Å²) in [5.74, 6) is -0.415. The van der Waals surface area contributed by atoms with Gasteiger partial charge in [-0.15, -0.1) is 0 Å². The van der Waals surface area contributed by atoms with E-state index in [1.807, 2.05) is 7.05 Å². The van der Waals surface area contributed by atoms with Gasteiger partial charge in [0.2, 0.25) is 0 Å². The van der Waals surface area contributed by atoms with Gasteiger partial charge in [-0.05, 0) is 44.4 Å². The van der Waals surface area contributed by atoms with E-state index in [1.54, 1.807) is 12.1 Å². The molecule has 1 aliphatic rings.